The Kier molecular flexibility index (Phi) is 14.2. The third-order valence-electron chi connectivity index (χ3n) is 20.0. The molecule has 0 unspecified atom stereocenters. The minimum absolute atomic E-state index is 0.000351. The van der Waals surface area contributed by atoms with Crippen molar-refractivity contribution < 1.29 is 0 Å². The maximum absolute atomic E-state index is 2.73. The van der Waals surface area contributed by atoms with Crippen LogP contribution in [0.3, 0.4) is 0 Å². The number of aryl methyl sites for hydroxylation is 2. The lowest BCUT2D eigenvalue weighted by Crippen LogP contribution is -2.61. The van der Waals surface area contributed by atoms with Crippen LogP contribution >= 0.6 is 0 Å². The lowest BCUT2D eigenvalue weighted by atomic mass is 9.33. The molecule has 0 aliphatic carbocycles. The Labute approximate surface area is 539 Å². The van der Waals surface area contributed by atoms with E-state index in [1.165, 1.54) is 144 Å². The fraction of sp³-hybridized carbons (Fsp3) is 0.233. The van der Waals surface area contributed by atoms with Crippen molar-refractivity contribution in [3.63, 3.8) is 0 Å². The molecule has 13 aromatic rings. The first-order valence-corrected chi connectivity index (χ1v) is 33.5. The van der Waals surface area contributed by atoms with Gasteiger partial charge in [-0.25, -0.2) is 0 Å². The van der Waals surface area contributed by atoms with Gasteiger partial charge in [0, 0.05) is 67.0 Å². The highest BCUT2D eigenvalue weighted by molar-refractivity contribution is 7.00. The summed E-state index contributed by atoms with van der Waals surface area (Å²) in [6.07, 6.45) is 6.31. The number of unbranched alkanes of at least 4 members (excludes halogenated alkanes) is 2. The van der Waals surface area contributed by atoms with Gasteiger partial charge in [-0.15, -0.1) is 0 Å². The van der Waals surface area contributed by atoms with E-state index in [1.54, 1.807) is 0 Å². The quantitative estimate of drug-likeness (QED) is 0.113. The summed E-state index contributed by atoms with van der Waals surface area (Å²) in [6, 6.07) is 89.3. The van der Waals surface area contributed by atoms with E-state index in [1.807, 2.05) is 0 Å². The van der Waals surface area contributed by atoms with Crippen LogP contribution in [0.25, 0.3) is 77.2 Å². The van der Waals surface area contributed by atoms with Crippen LogP contribution < -0.4 is 26.2 Å². The maximum atomic E-state index is 2.73. The Morgan fingerprint density at radius 2 is 0.703 bits per heavy atom. The molecule has 2 aliphatic heterocycles. The van der Waals surface area contributed by atoms with Crippen LogP contribution in [0.15, 0.2) is 231 Å². The molecular formula is C86H83BN4. The van der Waals surface area contributed by atoms with E-state index in [0.29, 0.717) is 0 Å². The van der Waals surface area contributed by atoms with E-state index < -0.39 is 0 Å². The van der Waals surface area contributed by atoms with Crippen molar-refractivity contribution in [2.75, 3.05) is 9.80 Å². The van der Waals surface area contributed by atoms with Crippen LogP contribution in [0.4, 0.5) is 34.1 Å². The van der Waals surface area contributed by atoms with Gasteiger partial charge in [0.1, 0.15) is 0 Å². The summed E-state index contributed by atoms with van der Waals surface area (Å²) in [6.45, 7) is 25.7. The number of fused-ring (bicyclic) bond motifs is 10. The molecule has 0 saturated heterocycles. The van der Waals surface area contributed by atoms with Gasteiger partial charge in [0.2, 0.25) is 0 Å². The van der Waals surface area contributed by atoms with Crippen molar-refractivity contribution in [2.24, 2.45) is 0 Å². The molecule has 11 aromatic carbocycles. The van der Waals surface area contributed by atoms with E-state index in [-0.39, 0.29) is 23.0 Å². The van der Waals surface area contributed by atoms with Gasteiger partial charge in [-0.1, -0.05) is 235 Å². The molecule has 0 saturated carbocycles. The average molecular weight is 1180 g/mol. The van der Waals surface area contributed by atoms with Crippen molar-refractivity contribution in [2.45, 2.75) is 131 Å². The van der Waals surface area contributed by atoms with Gasteiger partial charge in [0.05, 0.1) is 22.1 Å². The summed E-state index contributed by atoms with van der Waals surface area (Å²) < 4.78 is 5.08. The van der Waals surface area contributed by atoms with Gasteiger partial charge >= 0.3 is 0 Å². The molecule has 0 radical (unpaired) electrons. The average Bonchev–Trinajstić information content (AvgIpc) is 1.70. The predicted molar refractivity (Wildman–Crippen MR) is 393 cm³/mol. The highest BCUT2D eigenvalue weighted by Crippen LogP contribution is 2.51. The molecule has 5 heteroatoms. The number of benzene rings is 11. The van der Waals surface area contributed by atoms with E-state index in [4.69, 9.17) is 0 Å². The van der Waals surface area contributed by atoms with Gasteiger partial charge < -0.3 is 18.9 Å². The van der Waals surface area contributed by atoms with Crippen molar-refractivity contribution in [3.05, 3.63) is 258 Å². The zero-order valence-electron chi connectivity index (χ0n) is 55.0. The topological polar surface area (TPSA) is 16.3 Å². The van der Waals surface area contributed by atoms with Crippen molar-refractivity contribution in [1.29, 1.82) is 0 Å². The van der Waals surface area contributed by atoms with Gasteiger partial charge in [-0.05, 0) is 193 Å². The Balaban J connectivity index is 1.07. The van der Waals surface area contributed by atoms with Gasteiger partial charge in [0.15, 0.2) is 0 Å². The molecular weight excluding hydrogens is 1100 g/mol. The zero-order chi connectivity index (χ0) is 62.7. The predicted octanol–water partition coefficient (Wildman–Crippen LogP) is 21.9. The first-order valence-electron chi connectivity index (χ1n) is 33.5. The zero-order valence-corrected chi connectivity index (χ0v) is 55.0. The molecule has 2 aromatic heterocycles. The lowest BCUT2D eigenvalue weighted by Gasteiger charge is -2.46. The SMILES string of the molecule is CCCCc1ccc(-c2ccccc2)cc1N1c2cc(-n3c4ccccc4c4cc(C(C)(C)C)ccc43)ccc2B2c3ccc(-n4c5ccccc5c5cc(C(C)(C)C)ccc54)cc3N(c3cc(-c4ccccc4)ccc3CCCC)c3cc(C(C)(C)C)cc1c32. The van der Waals surface area contributed by atoms with Crippen LogP contribution in [-0.4, -0.2) is 15.8 Å². The normalized spacial score (nSPS) is 13.2. The summed E-state index contributed by atoms with van der Waals surface area (Å²) in [4.78, 5) is 5.46. The summed E-state index contributed by atoms with van der Waals surface area (Å²) >= 11 is 0. The van der Waals surface area contributed by atoms with Crippen molar-refractivity contribution in [3.8, 4) is 33.6 Å². The second-order valence-electron chi connectivity index (χ2n) is 29.1. The van der Waals surface area contributed by atoms with E-state index in [0.717, 1.165) is 49.9 Å². The second kappa shape index (κ2) is 22.3. The summed E-state index contributed by atoms with van der Waals surface area (Å²) in [5.74, 6) is 0. The summed E-state index contributed by atoms with van der Waals surface area (Å²) in [5.41, 5.74) is 29.8. The second-order valence-corrected chi connectivity index (χ2v) is 29.1. The molecule has 0 fully saturated rings. The lowest BCUT2D eigenvalue weighted by molar-refractivity contribution is 0.590. The molecule has 0 bridgehead atoms. The maximum Gasteiger partial charge on any atom is 0.252 e. The Morgan fingerprint density at radius 3 is 1.11 bits per heavy atom. The largest absolute Gasteiger partial charge is 0.311 e. The standard InChI is InChI=1S/C86H83BN4/c1-12-14-26-58-36-38-60(56-28-18-16-19-29-56)48-77(58)90-79-54-65(88-73-34-24-22-32-67(73)69-50-62(84(3,4)5)40-46-75(69)88)42-44-71(79)87-72-45-43-66(89-74-35-25-23-33-68(74)70-51-63(85(6,7)8)41-47-76(70)89)55-80(72)91(82-53-64(86(9,10)11)52-81(90)83(82)87)78-49-61(57-30-20-17-21-31-57)39-37-59(78)27-15-13-2/h16-25,28-55H,12-15,26-27H2,1-11H3. The smallest absolute Gasteiger partial charge is 0.252 e. The summed E-state index contributed by atoms with van der Waals surface area (Å²) in [5, 5.41) is 5.10. The van der Waals surface area contributed by atoms with E-state index in [2.05, 4.69) is 326 Å². The molecule has 2 aliphatic rings. The summed E-state index contributed by atoms with van der Waals surface area (Å²) in [7, 11) is 0. The molecule has 4 heterocycles. The monoisotopic (exact) mass is 1180 g/mol. The number of rotatable bonds is 12. The van der Waals surface area contributed by atoms with Crippen LogP contribution in [-0.2, 0) is 29.1 Å². The van der Waals surface area contributed by atoms with Gasteiger partial charge in [0.25, 0.3) is 6.71 Å². The number of hydrogen-bond acceptors (Lipinski definition) is 2. The number of aromatic nitrogens is 2. The Morgan fingerprint density at radius 1 is 0.308 bits per heavy atom. The van der Waals surface area contributed by atoms with E-state index >= 15 is 0 Å². The molecule has 4 nitrogen and oxygen atoms in total. The molecule has 0 N–H and O–H groups in total. The first kappa shape index (κ1) is 58.1. The van der Waals surface area contributed by atoms with Crippen molar-refractivity contribution in [1.82, 2.24) is 9.13 Å². The molecule has 450 valence electrons. The number of anilines is 6. The van der Waals surface area contributed by atoms with Crippen LogP contribution in [0.5, 0.6) is 0 Å². The van der Waals surface area contributed by atoms with Crippen LogP contribution in [0, 0.1) is 0 Å². The third-order valence-corrected chi connectivity index (χ3v) is 20.0. The highest BCUT2D eigenvalue weighted by atomic mass is 15.2. The van der Waals surface area contributed by atoms with Crippen LogP contribution in [0.2, 0.25) is 0 Å². The van der Waals surface area contributed by atoms with Gasteiger partial charge in [-0.2, -0.15) is 0 Å². The highest BCUT2D eigenvalue weighted by Gasteiger charge is 2.45. The fourth-order valence-electron chi connectivity index (χ4n) is 15.0. The molecule has 15 rings (SSSR count). The van der Waals surface area contributed by atoms with Crippen molar-refractivity contribution >= 4 is 101 Å². The number of nitrogens with zero attached hydrogens (tertiary/aromatic N) is 4. The minimum Gasteiger partial charge on any atom is -0.311 e. The third kappa shape index (κ3) is 9.90. The first-order chi connectivity index (χ1) is 44.0. The molecule has 0 spiro atoms. The number of hydrogen-bond donors (Lipinski definition) is 0. The Hall–Kier alpha value is -9.32. The molecule has 0 amide bonds. The van der Waals surface area contributed by atoms with Gasteiger partial charge in [-0.3, -0.25) is 0 Å². The van der Waals surface area contributed by atoms with Crippen LogP contribution in [0.1, 0.15) is 130 Å². The number of para-hydroxylation sites is 2. The molecule has 0 atom stereocenters. The Bertz CT molecular complexity index is 4680. The van der Waals surface area contributed by atoms with E-state index in [9.17, 15) is 0 Å². The fourth-order valence-corrected chi connectivity index (χ4v) is 15.0. The molecule has 91 heavy (non-hydrogen) atoms. The minimum atomic E-state index is -0.222.